The molecule has 26 heavy (non-hydrogen) atoms. The number of hydrogen-bond acceptors (Lipinski definition) is 6. The van der Waals surface area contributed by atoms with E-state index in [0.717, 1.165) is 0 Å². The molecule has 0 saturated heterocycles. The molecule has 0 heterocycles. The molecular formula is C19H19NO6. The molecule has 136 valence electrons. The summed E-state index contributed by atoms with van der Waals surface area (Å²) in [7, 11) is 3.99. The largest absolute Gasteiger partial charge is 0.496 e. The van der Waals surface area contributed by atoms with Crippen LogP contribution < -0.4 is 10.1 Å². The number of esters is 2. The minimum Gasteiger partial charge on any atom is -0.496 e. The summed E-state index contributed by atoms with van der Waals surface area (Å²) in [5, 5.41) is 2.67. The smallest absolute Gasteiger partial charge is 0.337 e. The van der Waals surface area contributed by atoms with Gasteiger partial charge < -0.3 is 19.5 Å². The van der Waals surface area contributed by atoms with Gasteiger partial charge in [0.2, 0.25) is 5.91 Å². The van der Waals surface area contributed by atoms with Gasteiger partial charge in [-0.15, -0.1) is 0 Å². The van der Waals surface area contributed by atoms with E-state index < -0.39 is 11.9 Å². The summed E-state index contributed by atoms with van der Waals surface area (Å²) >= 11 is 0. The van der Waals surface area contributed by atoms with E-state index in [2.05, 4.69) is 14.8 Å². The van der Waals surface area contributed by atoms with Gasteiger partial charge in [-0.3, -0.25) is 4.79 Å². The Hall–Kier alpha value is -3.35. The average Bonchev–Trinajstić information content (AvgIpc) is 2.66. The fourth-order valence-corrected chi connectivity index (χ4v) is 2.40. The average molecular weight is 357 g/mol. The van der Waals surface area contributed by atoms with E-state index in [0.29, 0.717) is 11.3 Å². The van der Waals surface area contributed by atoms with Crippen molar-refractivity contribution in [3.05, 3.63) is 59.2 Å². The monoisotopic (exact) mass is 357 g/mol. The van der Waals surface area contributed by atoms with Crippen LogP contribution in [0.15, 0.2) is 42.5 Å². The summed E-state index contributed by atoms with van der Waals surface area (Å²) in [6.45, 7) is 0. The van der Waals surface area contributed by atoms with Crippen LogP contribution in [-0.4, -0.2) is 39.2 Å². The van der Waals surface area contributed by atoms with Gasteiger partial charge in [-0.25, -0.2) is 9.59 Å². The van der Waals surface area contributed by atoms with E-state index in [9.17, 15) is 14.4 Å². The molecule has 2 aromatic rings. The highest BCUT2D eigenvalue weighted by Gasteiger charge is 2.15. The molecule has 0 radical (unpaired) electrons. The van der Waals surface area contributed by atoms with E-state index in [1.165, 1.54) is 39.5 Å². The second-order valence-corrected chi connectivity index (χ2v) is 5.32. The Balaban J connectivity index is 2.25. The molecule has 0 bridgehead atoms. The molecule has 2 aromatic carbocycles. The van der Waals surface area contributed by atoms with Gasteiger partial charge in [-0.05, 0) is 24.3 Å². The maximum atomic E-state index is 12.4. The first-order valence-electron chi connectivity index (χ1n) is 7.72. The lowest BCUT2D eigenvalue weighted by atomic mass is 10.1. The van der Waals surface area contributed by atoms with Crippen molar-refractivity contribution in [3.63, 3.8) is 0 Å². The number of para-hydroxylation sites is 1. The van der Waals surface area contributed by atoms with E-state index in [4.69, 9.17) is 4.74 Å². The molecule has 0 aliphatic heterocycles. The lowest BCUT2D eigenvalue weighted by Crippen LogP contribution is -2.16. The number of rotatable bonds is 6. The molecule has 0 spiro atoms. The molecule has 0 unspecified atom stereocenters. The van der Waals surface area contributed by atoms with Crippen molar-refractivity contribution in [3.8, 4) is 5.75 Å². The summed E-state index contributed by atoms with van der Waals surface area (Å²) in [6, 6.07) is 11.4. The zero-order chi connectivity index (χ0) is 19.1. The summed E-state index contributed by atoms with van der Waals surface area (Å²) in [4.78, 5) is 35.9. The van der Waals surface area contributed by atoms with Crippen molar-refractivity contribution in [2.45, 2.75) is 6.42 Å². The van der Waals surface area contributed by atoms with Crippen LogP contribution in [0.4, 0.5) is 5.69 Å². The Bertz CT molecular complexity index is 796. The maximum Gasteiger partial charge on any atom is 0.337 e. The Morgan fingerprint density at radius 3 is 2.00 bits per heavy atom. The SMILES string of the molecule is COC(=O)c1cc(NC(=O)Cc2ccccc2OC)cc(C(=O)OC)c1. The first kappa shape index (κ1) is 19.0. The third-order valence-corrected chi connectivity index (χ3v) is 3.60. The van der Waals surface area contributed by atoms with Gasteiger partial charge in [0.1, 0.15) is 5.75 Å². The van der Waals surface area contributed by atoms with Gasteiger partial charge in [0.25, 0.3) is 0 Å². The Morgan fingerprint density at radius 1 is 0.885 bits per heavy atom. The van der Waals surface area contributed by atoms with Crippen molar-refractivity contribution in [2.75, 3.05) is 26.6 Å². The van der Waals surface area contributed by atoms with Crippen LogP contribution in [0.25, 0.3) is 0 Å². The first-order valence-corrected chi connectivity index (χ1v) is 7.72. The normalized spacial score (nSPS) is 9.96. The summed E-state index contributed by atoms with van der Waals surface area (Å²) < 4.78 is 14.6. The Kier molecular flexibility index (Phi) is 6.32. The van der Waals surface area contributed by atoms with Crippen molar-refractivity contribution in [1.29, 1.82) is 0 Å². The molecule has 0 aliphatic carbocycles. The number of ether oxygens (including phenoxy) is 3. The maximum absolute atomic E-state index is 12.4. The van der Waals surface area contributed by atoms with Crippen molar-refractivity contribution in [2.24, 2.45) is 0 Å². The van der Waals surface area contributed by atoms with Crippen LogP contribution in [0.1, 0.15) is 26.3 Å². The van der Waals surface area contributed by atoms with Gasteiger partial charge in [0, 0.05) is 11.3 Å². The van der Waals surface area contributed by atoms with Crippen LogP contribution >= 0.6 is 0 Å². The second-order valence-electron chi connectivity index (χ2n) is 5.32. The van der Waals surface area contributed by atoms with Gasteiger partial charge in [-0.1, -0.05) is 18.2 Å². The highest BCUT2D eigenvalue weighted by molar-refractivity contribution is 5.99. The third-order valence-electron chi connectivity index (χ3n) is 3.60. The summed E-state index contributed by atoms with van der Waals surface area (Å²) in [5.41, 5.74) is 1.25. The number of anilines is 1. The molecule has 0 aliphatic rings. The molecule has 2 rings (SSSR count). The Labute approximate surface area is 150 Å². The number of amides is 1. The van der Waals surface area contributed by atoms with Gasteiger partial charge in [0.05, 0.1) is 38.9 Å². The second kappa shape index (κ2) is 8.66. The number of nitrogens with one attached hydrogen (secondary N) is 1. The molecule has 7 nitrogen and oxygen atoms in total. The van der Waals surface area contributed by atoms with Crippen LogP contribution in [0.2, 0.25) is 0 Å². The van der Waals surface area contributed by atoms with E-state index >= 15 is 0 Å². The third kappa shape index (κ3) is 4.60. The van der Waals surface area contributed by atoms with Crippen molar-refractivity contribution >= 4 is 23.5 Å². The van der Waals surface area contributed by atoms with Crippen molar-refractivity contribution < 1.29 is 28.6 Å². The predicted molar refractivity (Wildman–Crippen MR) is 94.4 cm³/mol. The number of carbonyl (C=O) groups excluding carboxylic acids is 3. The quantitative estimate of drug-likeness (QED) is 0.799. The number of hydrogen-bond donors (Lipinski definition) is 1. The number of methoxy groups -OCH3 is 3. The highest BCUT2D eigenvalue weighted by atomic mass is 16.5. The zero-order valence-electron chi connectivity index (χ0n) is 14.7. The molecule has 0 aromatic heterocycles. The minimum absolute atomic E-state index is 0.0695. The fourth-order valence-electron chi connectivity index (χ4n) is 2.40. The van der Waals surface area contributed by atoms with Crippen LogP contribution in [0, 0.1) is 0 Å². The van der Waals surface area contributed by atoms with Crippen LogP contribution in [0.3, 0.4) is 0 Å². The molecule has 7 heteroatoms. The standard InChI is InChI=1S/C19H19NO6/c1-24-16-7-5-4-6-12(16)11-17(21)20-15-9-13(18(22)25-2)8-14(10-15)19(23)26-3/h4-10H,11H2,1-3H3,(H,20,21). The molecule has 0 atom stereocenters. The minimum atomic E-state index is -0.629. The molecular weight excluding hydrogens is 338 g/mol. The number of carbonyl (C=O) groups is 3. The van der Waals surface area contributed by atoms with Crippen LogP contribution in [0.5, 0.6) is 5.75 Å². The van der Waals surface area contributed by atoms with E-state index in [1.807, 2.05) is 6.07 Å². The van der Waals surface area contributed by atoms with Crippen LogP contribution in [-0.2, 0) is 20.7 Å². The lowest BCUT2D eigenvalue weighted by molar-refractivity contribution is -0.115. The summed E-state index contributed by atoms with van der Waals surface area (Å²) in [6.07, 6.45) is 0.0695. The van der Waals surface area contributed by atoms with Gasteiger partial charge in [0.15, 0.2) is 0 Å². The molecule has 1 amide bonds. The van der Waals surface area contributed by atoms with Crippen molar-refractivity contribution in [1.82, 2.24) is 0 Å². The predicted octanol–water partition coefficient (Wildman–Crippen LogP) is 2.45. The highest BCUT2D eigenvalue weighted by Crippen LogP contribution is 2.20. The van der Waals surface area contributed by atoms with Gasteiger partial charge >= 0.3 is 11.9 Å². The molecule has 0 saturated carbocycles. The molecule has 1 N–H and O–H groups in total. The topological polar surface area (TPSA) is 90.9 Å². The van der Waals surface area contributed by atoms with E-state index in [1.54, 1.807) is 18.2 Å². The van der Waals surface area contributed by atoms with E-state index in [-0.39, 0.29) is 29.1 Å². The van der Waals surface area contributed by atoms with Gasteiger partial charge in [-0.2, -0.15) is 0 Å². The fraction of sp³-hybridized carbons (Fsp3) is 0.211. The Morgan fingerprint density at radius 2 is 1.46 bits per heavy atom. The zero-order valence-corrected chi connectivity index (χ0v) is 14.7. The number of benzene rings is 2. The lowest BCUT2D eigenvalue weighted by Gasteiger charge is -2.11. The summed E-state index contributed by atoms with van der Waals surface area (Å²) in [5.74, 6) is -0.986. The first-order chi connectivity index (χ1) is 12.5. The molecule has 0 fully saturated rings.